The Labute approximate surface area is 125 Å². The molecule has 0 aliphatic carbocycles. The molecule has 4 nitrogen and oxygen atoms in total. The SMILES string of the molecule is Cc1c(C)c2c(c(C)c1O)CC(C(C)C(=O)O)C(C)(C)O2. The molecular formula is C17H24O4. The molecule has 1 aliphatic rings. The molecule has 0 radical (unpaired) electrons. The molecule has 0 fully saturated rings. The Kier molecular flexibility index (Phi) is 3.68. The molecule has 0 amide bonds. The number of fused-ring (bicyclic) bond motifs is 1. The van der Waals surface area contributed by atoms with Crippen molar-refractivity contribution in [2.45, 2.75) is 53.6 Å². The van der Waals surface area contributed by atoms with Crippen molar-refractivity contribution in [1.29, 1.82) is 0 Å². The summed E-state index contributed by atoms with van der Waals surface area (Å²) in [6.07, 6.45) is 0.607. The van der Waals surface area contributed by atoms with Crippen LogP contribution in [0, 0.1) is 32.6 Å². The molecule has 2 rings (SSSR count). The lowest BCUT2D eigenvalue weighted by Gasteiger charge is -2.43. The minimum Gasteiger partial charge on any atom is -0.507 e. The second-order valence-corrected chi connectivity index (χ2v) is 6.67. The summed E-state index contributed by atoms with van der Waals surface area (Å²) in [6.45, 7) is 11.3. The Morgan fingerprint density at radius 3 is 2.33 bits per heavy atom. The molecule has 0 saturated heterocycles. The normalized spacial score (nSPS) is 21.3. The second kappa shape index (κ2) is 4.93. The van der Waals surface area contributed by atoms with E-state index in [0.29, 0.717) is 6.42 Å². The van der Waals surface area contributed by atoms with Gasteiger partial charge in [0, 0.05) is 11.5 Å². The van der Waals surface area contributed by atoms with E-state index >= 15 is 0 Å². The number of carboxylic acid groups (broad SMARTS) is 1. The zero-order chi connectivity index (χ0) is 16.1. The maximum absolute atomic E-state index is 11.4. The van der Waals surface area contributed by atoms with Gasteiger partial charge in [0.15, 0.2) is 0 Å². The first-order valence-corrected chi connectivity index (χ1v) is 7.31. The van der Waals surface area contributed by atoms with E-state index in [1.165, 1.54) is 0 Å². The Bertz CT molecular complexity index is 602. The van der Waals surface area contributed by atoms with Crippen LogP contribution in [0.5, 0.6) is 11.5 Å². The van der Waals surface area contributed by atoms with Gasteiger partial charge in [-0.15, -0.1) is 0 Å². The number of phenolic OH excluding ortho intramolecular Hbond substituents is 1. The molecule has 4 heteroatoms. The van der Waals surface area contributed by atoms with Gasteiger partial charge in [0.2, 0.25) is 0 Å². The van der Waals surface area contributed by atoms with Gasteiger partial charge < -0.3 is 14.9 Å². The van der Waals surface area contributed by atoms with Gasteiger partial charge in [0.05, 0.1) is 5.92 Å². The van der Waals surface area contributed by atoms with E-state index in [-0.39, 0.29) is 11.7 Å². The predicted octanol–water partition coefficient (Wildman–Crippen LogP) is 3.37. The highest BCUT2D eigenvalue weighted by molar-refractivity contribution is 5.70. The largest absolute Gasteiger partial charge is 0.507 e. The molecule has 2 unspecified atom stereocenters. The van der Waals surface area contributed by atoms with E-state index in [0.717, 1.165) is 28.0 Å². The third-order valence-corrected chi connectivity index (χ3v) is 5.02. The van der Waals surface area contributed by atoms with Gasteiger partial charge in [-0.3, -0.25) is 4.79 Å². The van der Waals surface area contributed by atoms with Crippen LogP contribution in [0.4, 0.5) is 0 Å². The number of carboxylic acids is 1. The van der Waals surface area contributed by atoms with Crippen molar-refractivity contribution in [1.82, 2.24) is 0 Å². The summed E-state index contributed by atoms with van der Waals surface area (Å²) in [5, 5.41) is 19.6. The van der Waals surface area contributed by atoms with Gasteiger partial charge in [-0.2, -0.15) is 0 Å². The van der Waals surface area contributed by atoms with E-state index in [9.17, 15) is 15.0 Å². The molecule has 1 aromatic rings. The third kappa shape index (κ3) is 2.37. The number of phenols is 1. The zero-order valence-electron chi connectivity index (χ0n) is 13.6. The molecule has 0 bridgehead atoms. The average molecular weight is 292 g/mol. The van der Waals surface area contributed by atoms with E-state index < -0.39 is 17.5 Å². The molecule has 1 aliphatic heterocycles. The fourth-order valence-electron chi connectivity index (χ4n) is 3.31. The molecule has 21 heavy (non-hydrogen) atoms. The number of carbonyl (C=O) groups is 1. The van der Waals surface area contributed by atoms with Crippen molar-refractivity contribution < 1.29 is 19.7 Å². The van der Waals surface area contributed by atoms with Crippen LogP contribution in [0.2, 0.25) is 0 Å². The lowest BCUT2D eigenvalue weighted by atomic mass is 9.73. The molecule has 0 saturated carbocycles. The Morgan fingerprint density at radius 1 is 1.24 bits per heavy atom. The predicted molar refractivity (Wildman–Crippen MR) is 81.0 cm³/mol. The quantitative estimate of drug-likeness (QED) is 0.877. The average Bonchev–Trinajstić information content (AvgIpc) is 2.40. The monoisotopic (exact) mass is 292 g/mol. The fraction of sp³-hybridized carbons (Fsp3) is 0.588. The second-order valence-electron chi connectivity index (χ2n) is 6.67. The number of benzene rings is 1. The number of ether oxygens (including phenoxy) is 1. The van der Waals surface area contributed by atoms with E-state index in [2.05, 4.69) is 0 Å². The van der Waals surface area contributed by atoms with E-state index in [1.807, 2.05) is 34.6 Å². The lowest BCUT2D eigenvalue weighted by molar-refractivity contribution is -0.146. The number of rotatable bonds is 2. The van der Waals surface area contributed by atoms with Gasteiger partial charge in [-0.1, -0.05) is 6.92 Å². The van der Waals surface area contributed by atoms with Crippen molar-refractivity contribution in [3.8, 4) is 11.5 Å². The van der Waals surface area contributed by atoms with Gasteiger partial charge in [-0.25, -0.2) is 0 Å². The fourth-order valence-corrected chi connectivity index (χ4v) is 3.31. The summed E-state index contributed by atoms with van der Waals surface area (Å²) in [7, 11) is 0. The molecule has 1 heterocycles. The summed E-state index contributed by atoms with van der Waals surface area (Å²) < 4.78 is 6.18. The van der Waals surface area contributed by atoms with Gasteiger partial charge in [0.25, 0.3) is 0 Å². The van der Waals surface area contributed by atoms with Crippen LogP contribution < -0.4 is 4.74 Å². The van der Waals surface area contributed by atoms with Crippen LogP contribution in [-0.2, 0) is 11.2 Å². The van der Waals surface area contributed by atoms with Crippen LogP contribution in [0.3, 0.4) is 0 Å². The van der Waals surface area contributed by atoms with Crippen molar-refractivity contribution in [3.05, 3.63) is 22.3 Å². The first kappa shape index (κ1) is 15.7. The van der Waals surface area contributed by atoms with Crippen LogP contribution in [0.25, 0.3) is 0 Å². The van der Waals surface area contributed by atoms with Crippen molar-refractivity contribution in [3.63, 3.8) is 0 Å². The number of aromatic hydroxyl groups is 1. The first-order valence-electron chi connectivity index (χ1n) is 7.31. The summed E-state index contributed by atoms with van der Waals surface area (Å²) in [5.74, 6) is -0.359. The van der Waals surface area contributed by atoms with Crippen LogP contribution >= 0.6 is 0 Å². The highest BCUT2D eigenvalue weighted by atomic mass is 16.5. The maximum atomic E-state index is 11.4. The summed E-state index contributed by atoms with van der Waals surface area (Å²) >= 11 is 0. The lowest BCUT2D eigenvalue weighted by Crippen LogP contribution is -2.47. The zero-order valence-corrected chi connectivity index (χ0v) is 13.6. The van der Waals surface area contributed by atoms with E-state index in [4.69, 9.17) is 4.74 Å². The molecule has 1 aromatic carbocycles. The topological polar surface area (TPSA) is 66.8 Å². The van der Waals surface area contributed by atoms with Crippen molar-refractivity contribution in [2.75, 3.05) is 0 Å². The molecule has 2 N–H and O–H groups in total. The number of hydrogen-bond acceptors (Lipinski definition) is 3. The van der Waals surface area contributed by atoms with Crippen LogP contribution in [-0.4, -0.2) is 21.8 Å². The maximum Gasteiger partial charge on any atom is 0.306 e. The van der Waals surface area contributed by atoms with Gasteiger partial charge in [-0.05, 0) is 57.7 Å². The molecule has 0 spiro atoms. The summed E-state index contributed by atoms with van der Waals surface area (Å²) in [5.41, 5.74) is 2.94. The minimum atomic E-state index is -0.814. The van der Waals surface area contributed by atoms with Gasteiger partial charge in [0.1, 0.15) is 17.1 Å². The van der Waals surface area contributed by atoms with Crippen LogP contribution in [0.1, 0.15) is 43.0 Å². The van der Waals surface area contributed by atoms with Crippen molar-refractivity contribution in [2.24, 2.45) is 11.8 Å². The molecule has 116 valence electrons. The molecular weight excluding hydrogens is 268 g/mol. The summed E-state index contributed by atoms with van der Waals surface area (Å²) in [4.78, 5) is 11.4. The standard InChI is InChI=1S/C17H24O4/c1-8-9(2)15-12(10(3)14(8)18)7-13(11(4)16(19)20)17(5,6)21-15/h11,13,18H,7H2,1-6H3,(H,19,20). The highest BCUT2D eigenvalue weighted by Crippen LogP contribution is 2.46. The Balaban J connectivity index is 2.59. The number of hydrogen-bond donors (Lipinski definition) is 2. The first-order chi connectivity index (χ1) is 9.58. The molecule has 2 atom stereocenters. The Morgan fingerprint density at radius 2 is 1.81 bits per heavy atom. The van der Waals surface area contributed by atoms with E-state index in [1.54, 1.807) is 6.92 Å². The third-order valence-electron chi connectivity index (χ3n) is 5.02. The minimum absolute atomic E-state index is 0.136. The molecule has 0 aromatic heterocycles. The van der Waals surface area contributed by atoms with Gasteiger partial charge >= 0.3 is 5.97 Å². The van der Waals surface area contributed by atoms with Crippen LogP contribution in [0.15, 0.2) is 0 Å². The summed E-state index contributed by atoms with van der Waals surface area (Å²) in [6, 6.07) is 0. The van der Waals surface area contributed by atoms with Crippen molar-refractivity contribution >= 4 is 5.97 Å². The smallest absolute Gasteiger partial charge is 0.306 e. The highest BCUT2D eigenvalue weighted by Gasteiger charge is 2.43. The number of aliphatic carboxylic acids is 1. The Hall–Kier alpha value is -1.71.